The summed E-state index contributed by atoms with van der Waals surface area (Å²) in [7, 11) is 1.19. The number of carbonyl (C=O) groups is 1. The van der Waals surface area contributed by atoms with E-state index in [1.807, 2.05) is 19.9 Å². The molecular weight excluding hydrogens is 420 g/mol. The van der Waals surface area contributed by atoms with Gasteiger partial charge in [0, 0.05) is 16.3 Å². The number of phenols is 1. The number of esters is 1. The number of hydrogen-bond acceptors (Lipinski definition) is 9. The number of carbonyl (C=O) groups excluding carboxylic acids is 1. The monoisotopic (exact) mass is 448 g/mol. The Bertz CT molecular complexity index is 1010. The van der Waals surface area contributed by atoms with E-state index in [9.17, 15) is 30.3 Å². The second-order valence-electron chi connectivity index (χ2n) is 7.87. The maximum Gasteiger partial charge on any atom is 0.342 e. The van der Waals surface area contributed by atoms with E-state index in [1.54, 1.807) is 24.3 Å². The Kier molecular flexibility index (Phi) is 7.37. The number of rotatable bonds is 6. The van der Waals surface area contributed by atoms with Gasteiger partial charge in [0.2, 0.25) is 6.29 Å². The van der Waals surface area contributed by atoms with Crippen LogP contribution in [0.15, 0.2) is 35.9 Å². The van der Waals surface area contributed by atoms with E-state index >= 15 is 0 Å². The molecule has 9 nitrogen and oxygen atoms in total. The molecule has 32 heavy (non-hydrogen) atoms. The first-order valence-electron chi connectivity index (χ1n) is 10.2. The van der Waals surface area contributed by atoms with Gasteiger partial charge in [-0.05, 0) is 20.3 Å². The molecule has 1 saturated heterocycles. The lowest BCUT2D eigenvalue weighted by Gasteiger charge is -2.40. The first-order valence-corrected chi connectivity index (χ1v) is 10.2. The average molecular weight is 448 g/mol. The molecule has 1 heterocycles. The lowest BCUT2D eigenvalue weighted by atomic mass is 9.94. The summed E-state index contributed by atoms with van der Waals surface area (Å²) in [6.45, 7) is 3.13. The highest BCUT2D eigenvalue weighted by Crippen LogP contribution is 2.42. The number of aliphatic hydroxyl groups excluding tert-OH is 4. The lowest BCUT2D eigenvalue weighted by Crippen LogP contribution is -2.60. The number of aromatic hydroxyl groups is 1. The number of fused-ring (bicyclic) bond motifs is 1. The van der Waals surface area contributed by atoms with Gasteiger partial charge < -0.3 is 39.7 Å². The molecule has 174 valence electrons. The number of hydrogen-bond donors (Lipinski definition) is 5. The van der Waals surface area contributed by atoms with E-state index < -0.39 is 43.3 Å². The van der Waals surface area contributed by atoms with Gasteiger partial charge in [-0.1, -0.05) is 35.9 Å². The molecule has 0 amide bonds. The van der Waals surface area contributed by atoms with Gasteiger partial charge in [0.1, 0.15) is 41.5 Å². The van der Waals surface area contributed by atoms with Crippen LogP contribution in [0.1, 0.15) is 29.8 Å². The third kappa shape index (κ3) is 4.43. The fourth-order valence-corrected chi connectivity index (χ4v) is 3.68. The van der Waals surface area contributed by atoms with Crippen molar-refractivity contribution in [1.82, 2.24) is 0 Å². The van der Waals surface area contributed by atoms with E-state index in [0.29, 0.717) is 16.3 Å². The van der Waals surface area contributed by atoms with Crippen molar-refractivity contribution >= 4 is 16.7 Å². The molecule has 0 aliphatic carbocycles. The second-order valence-corrected chi connectivity index (χ2v) is 7.87. The summed E-state index contributed by atoms with van der Waals surface area (Å²) >= 11 is 0. The molecule has 0 aromatic heterocycles. The molecule has 1 aliphatic rings. The van der Waals surface area contributed by atoms with Crippen LogP contribution in [0.5, 0.6) is 11.5 Å². The maximum absolute atomic E-state index is 12.6. The zero-order chi connectivity index (χ0) is 23.6. The Morgan fingerprint density at radius 1 is 1.09 bits per heavy atom. The van der Waals surface area contributed by atoms with Gasteiger partial charge in [0.25, 0.3) is 0 Å². The van der Waals surface area contributed by atoms with Crippen LogP contribution in [0.2, 0.25) is 0 Å². The summed E-state index contributed by atoms with van der Waals surface area (Å²) < 4.78 is 16.4. The van der Waals surface area contributed by atoms with Crippen molar-refractivity contribution in [2.45, 2.75) is 51.0 Å². The fraction of sp³-hybridized carbons (Fsp3) is 0.435. The molecule has 0 radical (unpaired) electrons. The summed E-state index contributed by atoms with van der Waals surface area (Å²) in [6, 6.07) is 6.66. The Morgan fingerprint density at radius 3 is 2.34 bits per heavy atom. The molecule has 9 heteroatoms. The first kappa shape index (κ1) is 24.0. The van der Waals surface area contributed by atoms with Crippen molar-refractivity contribution in [2.75, 3.05) is 13.7 Å². The third-order valence-corrected chi connectivity index (χ3v) is 5.43. The van der Waals surface area contributed by atoms with Gasteiger partial charge in [0.05, 0.1) is 13.7 Å². The molecule has 0 unspecified atom stereocenters. The number of aliphatic hydroxyl groups is 4. The Morgan fingerprint density at radius 2 is 1.75 bits per heavy atom. The summed E-state index contributed by atoms with van der Waals surface area (Å²) in [6.07, 6.45) is -5.41. The highest BCUT2D eigenvalue weighted by molar-refractivity contribution is 6.05. The van der Waals surface area contributed by atoms with Crippen molar-refractivity contribution in [3.05, 3.63) is 47.0 Å². The minimum atomic E-state index is -1.64. The molecule has 0 bridgehead atoms. The molecule has 2 aromatic carbocycles. The second kappa shape index (κ2) is 9.85. The zero-order valence-corrected chi connectivity index (χ0v) is 18.1. The summed E-state index contributed by atoms with van der Waals surface area (Å²) in [5.41, 5.74) is 1.15. The van der Waals surface area contributed by atoms with E-state index in [4.69, 9.17) is 14.2 Å². The molecule has 1 fully saturated rings. The number of allylic oxidation sites excluding steroid dienone is 2. The summed E-state index contributed by atoms with van der Waals surface area (Å²) in [4.78, 5) is 12.6. The van der Waals surface area contributed by atoms with Gasteiger partial charge in [-0.3, -0.25) is 0 Å². The highest BCUT2D eigenvalue weighted by atomic mass is 16.7. The molecule has 3 rings (SSSR count). The van der Waals surface area contributed by atoms with Gasteiger partial charge in [0.15, 0.2) is 0 Å². The summed E-state index contributed by atoms with van der Waals surface area (Å²) in [5, 5.41) is 51.7. The van der Waals surface area contributed by atoms with Crippen molar-refractivity contribution in [2.24, 2.45) is 0 Å². The first-order chi connectivity index (χ1) is 15.2. The van der Waals surface area contributed by atoms with E-state index in [0.717, 1.165) is 5.57 Å². The predicted octanol–water partition coefficient (Wildman–Crippen LogP) is 1.02. The van der Waals surface area contributed by atoms with Gasteiger partial charge >= 0.3 is 5.97 Å². The molecule has 0 saturated carbocycles. The van der Waals surface area contributed by atoms with E-state index in [1.165, 1.54) is 7.11 Å². The Labute approximate surface area is 185 Å². The van der Waals surface area contributed by atoms with Crippen LogP contribution in [-0.2, 0) is 15.9 Å². The van der Waals surface area contributed by atoms with Gasteiger partial charge in [-0.2, -0.15) is 0 Å². The van der Waals surface area contributed by atoms with Crippen molar-refractivity contribution in [1.29, 1.82) is 0 Å². The molecular formula is C23H28O9. The van der Waals surface area contributed by atoms with Crippen molar-refractivity contribution in [3.8, 4) is 11.5 Å². The van der Waals surface area contributed by atoms with Gasteiger partial charge in [-0.25, -0.2) is 4.79 Å². The predicted molar refractivity (Wildman–Crippen MR) is 114 cm³/mol. The largest absolute Gasteiger partial charge is 0.506 e. The Balaban J connectivity index is 2.22. The highest BCUT2D eigenvalue weighted by Gasteiger charge is 2.45. The van der Waals surface area contributed by atoms with Crippen LogP contribution in [0.25, 0.3) is 10.8 Å². The van der Waals surface area contributed by atoms with Crippen molar-refractivity contribution < 1.29 is 44.5 Å². The maximum atomic E-state index is 12.6. The van der Waals surface area contributed by atoms with Crippen LogP contribution < -0.4 is 4.74 Å². The third-order valence-electron chi connectivity index (χ3n) is 5.43. The Hall–Kier alpha value is -2.69. The van der Waals surface area contributed by atoms with E-state index in [2.05, 4.69) is 0 Å². The van der Waals surface area contributed by atoms with Crippen LogP contribution >= 0.6 is 0 Å². The minimum Gasteiger partial charge on any atom is -0.506 e. The lowest BCUT2D eigenvalue weighted by molar-refractivity contribution is -0.277. The molecule has 1 aliphatic heterocycles. The van der Waals surface area contributed by atoms with Crippen LogP contribution in [-0.4, -0.2) is 75.9 Å². The minimum absolute atomic E-state index is 0.0942. The number of methoxy groups -OCH3 is 1. The average Bonchev–Trinajstić information content (AvgIpc) is 2.79. The van der Waals surface area contributed by atoms with Crippen LogP contribution in [0.4, 0.5) is 0 Å². The molecule has 0 spiro atoms. The normalized spacial score (nSPS) is 25.4. The number of benzene rings is 2. The van der Waals surface area contributed by atoms with Crippen molar-refractivity contribution in [3.63, 3.8) is 0 Å². The van der Waals surface area contributed by atoms with Crippen LogP contribution in [0.3, 0.4) is 0 Å². The van der Waals surface area contributed by atoms with Crippen LogP contribution in [0, 0.1) is 0 Å². The molecule has 5 atom stereocenters. The smallest absolute Gasteiger partial charge is 0.342 e. The number of phenolic OH excluding ortho intramolecular Hbond substituents is 1. The van der Waals surface area contributed by atoms with Gasteiger partial charge in [-0.15, -0.1) is 0 Å². The summed E-state index contributed by atoms with van der Waals surface area (Å²) in [5.74, 6) is -0.907. The number of ether oxygens (including phenoxy) is 3. The quantitative estimate of drug-likeness (QED) is 0.323. The molecule has 2 aromatic rings. The van der Waals surface area contributed by atoms with E-state index in [-0.39, 0.29) is 23.5 Å². The topological polar surface area (TPSA) is 146 Å². The molecule has 5 N–H and O–H groups in total. The SMILES string of the molecule is COC(=O)c1c(CC=C(C)C)c(O[C@@H]2O[C@H](CO)[C@@H](O)[C@H](O)[C@H]2O)c2ccccc2c1O. The standard InChI is InChI=1S/C23H28O9/c1-11(2)8-9-14-16(22(29)30-3)17(25)12-6-4-5-7-13(12)21(14)32-23-20(28)19(27)18(26)15(10-24)31-23/h4-8,15,18-20,23-28H,9-10H2,1-3H3/t15-,18-,19+,20-,23+/m1/s1. The fourth-order valence-electron chi connectivity index (χ4n) is 3.68. The zero-order valence-electron chi connectivity index (χ0n) is 18.1.